The molecule has 1 aliphatic heterocycles. The minimum absolute atomic E-state index is 0.410. The fourth-order valence-electron chi connectivity index (χ4n) is 2.00. The Hall–Kier alpha value is -0.490. The third-order valence-corrected chi connectivity index (χ3v) is 4.37. The predicted octanol–water partition coefficient (Wildman–Crippen LogP) is 2.59. The number of benzene rings is 1. The lowest BCUT2D eigenvalue weighted by Crippen LogP contribution is -2.42. The standard InChI is InChI=1S/C12H13BrN2OS/c13-8-1-2-11-10(5-8)15-12(17-11)6-9-7-16-4-3-14-9/h1-2,5,9,14H,3-4,6-7H2. The fourth-order valence-corrected chi connectivity index (χ4v) is 3.37. The molecule has 0 radical (unpaired) electrons. The van der Waals surface area contributed by atoms with Gasteiger partial charge >= 0.3 is 0 Å². The Morgan fingerprint density at radius 2 is 2.47 bits per heavy atom. The fraction of sp³-hybridized carbons (Fsp3) is 0.417. The SMILES string of the molecule is Brc1ccc2sc(CC3COCCN3)nc2c1. The van der Waals surface area contributed by atoms with E-state index in [9.17, 15) is 0 Å². The lowest BCUT2D eigenvalue weighted by atomic mass is 10.2. The number of nitrogens with zero attached hydrogens (tertiary/aromatic N) is 1. The quantitative estimate of drug-likeness (QED) is 0.925. The first-order valence-corrected chi connectivity index (χ1v) is 7.28. The summed E-state index contributed by atoms with van der Waals surface area (Å²) in [5.74, 6) is 0. The third-order valence-electron chi connectivity index (χ3n) is 2.81. The molecule has 0 bridgehead atoms. The van der Waals surface area contributed by atoms with Crippen LogP contribution in [0.1, 0.15) is 5.01 Å². The van der Waals surface area contributed by atoms with Gasteiger partial charge in [-0.2, -0.15) is 0 Å². The number of aromatic nitrogens is 1. The Kier molecular flexibility index (Phi) is 3.42. The summed E-state index contributed by atoms with van der Waals surface area (Å²) in [4.78, 5) is 4.66. The molecule has 1 fully saturated rings. The summed E-state index contributed by atoms with van der Waals surface area (Å²) < 4.78 is 7.79. The highest BCUT2D eigenvalue weighted by Gasteiger charge is 2.15. The van der Waals surface area contributed by atoms with Gasteiger partial charge in [0, 0.05) is 23.5 Å². The zero-order chi connectivity index (χ0) is 11.7. The Morgan fingerprint density at radius 3 is 3.29 bits per heavy atom. The Balaban J connectivity index is 1.80. The van der Waals surface area contributed by atoms with E-state index in [0.29, 0.717) is 6.04 Å². The van der Waals surface area contributed by atoms with Gasteiger partial charge in [0.25, 0.3) is 0 Å². The second kappa shape index (κ2) is 5.02. The van der Waals surface area contributed by atoms with Crippen molar-refractivity contribution in [3.8, 4) is 0 Å². The Morgan fingerprint density at radius 1 is 1.53 bits per heavy atom. The van der Waals surface area contributed by atoms with Gasteiger partial charge in [0.05, 0.1) is 28.4 Å². The molecule has 1 aromatic carbocycles. The molecule has 1 N–H and O–H groups in total. The second-order valence-corrected chi connectivity index (χ2v) is 6.18. The molecule has 17 heavy (non-hydrogen) atoms. The van der Waals surface area contributed by atoms with Crippen molar-refractivity contribution in [1.82, 2.24) is 10.3 Å². The molecule has 1 unspecified atom stereocenters. The molecule has 1 atom stereocenters. The molecule has 5 heteroatoms. The maximum absolute atomic E-state index is 5.45. The van der Waals surface area contributed by atoms with Crippen LogP contribution in [0.5, 0.6) is 0 Å². The molecule has 0 aliphatic carbocycles. The van der Waals surface area contributed by atoms with Crippen molar-refractivity contribution in [2.24, 2.45) is 0 Å². The topological polar surface area (TPSA) is 34.1 Å². The Bertz CT molecular complexity index is 522. The highest BCUT2D eigenvalue weighted by Crippen LogP contribution is 2.26. The molecule has 2 aromatic rings. The number of hydrogen-bond donors (Lipinski definition) is 1. The van der Waals surface area contributed by atoms with E-state index in [-0.39, 0.29) is 0 Å². The highest BCUT2D eigenvalue weighted by atomic mass is 79.9. The van der Waals surface area contributed by atoms with E-state index in [2.05, 4.69) is 44.4 Å². The largest absolute Gasteiger partial charge is 0.379 e. The van der Waals surface area contributed by atoms with Gasteiger partial charge in [-0.25, -0.2) is 4.98 Å². The van der Waals surface area contributed by atoms with E-state index >= 15 is 0 Å². The van der Waals surface area contributed by atoms with Crippen molar-refractivity contribution < 1.29 is 4.74 Å². The van der Waals surface area contributed by atoms with Gasteiger partial charge in [0.1, 0.15) is 0 Å². The number of nitrogens with one attached hydrogen (secondary N) is 1. The second-order valence-electron chi connectivity index (χ2n) is 4.15. The summed E-state index contributed by atoms with van der Waals surface area (Å²) >= 11 is 5.24. The zero-order valence-electron chi connectivity index (χ0n) is 9.28. The zero-order valence-corrected chi connectivity index (χ0v) is 11.7. The summed E-state index contributed by atoms with van der Waals surface area (Å²) in [5, 5.41) is 4.64. The molecule has 90 valence electrons. The van der Waals surface area contributed by atoms with Gasteiger partial charge in [-0.15, -0.1) is 11.3 Å². The predicted molar refractivity (Wildman–Crippen MR) is 73.6 cm³/mol. The van der Waals surface area contributed by atoms with Crippen LogP contribution in [0.15, 0.2) is 22.7 Å². The summed E-state index contributed by atoms with van der Waals surface area (Å²) in [6.07, 6.45) is 0.955. The van der Waals surface area contributed by atoms with E-state index in [1.54, 1.807) is 11.3 Å². The van der Waals surface area contributed by atoms with Gasteiger partial charge in [0.2, 0.25) is 0 Å². The van der Waals surface area contributed by atoms with Crippen LogP contribution in [0.4, 0.5) is 0 Å². The number of hydrogen-bond acceptors (Lipinski definition) is 4. The van der Waals surface area contributed by atoms with Crippen molar-refractivity contribution in [1.29, 1.82) is 0 Å². The molecule has 0 amide bonds. The molecular formula is C12H13BrN2OS. The van der Waals surface area contributed by atoms with Crippen molar-refractivity contribution in [2.45, 2.75) is 12.5 Å². The van der Waals surface area contributed by atoms with Crippen LogP contribution >= 0.6 is 27.3 Å². The van der Waals surface area contributed by atoms with E-state index in [0.717, 1.165) is 36.2 Å². The van der Waals surface area contributed by atoms with Crippen LogP contribution < -0.4 is 5.32 Å². The molecule has 3 rings (SSSR count). The molecular weight excluding hydrogens is 300 g/mol. The summed E-state index contributed by atoms with van der Waals surface area (Å²) in [6, 6.07) is 6.66. The van der Waals surface area contributed by atoms with E-state index < -0.39 is 0 Å². The number of ether oxygens (including phenoxy) is 1. The maximum atomic E-state index is 5.45. The monoisotopic (exact) mass is 312 g/mol. The summed E-state index contributed by atoms with van der Waals surface area (Å²) in [6.45, 7) is 2.56. The van der Waals surface area contributed by atoms with Crippen LogP contribution in [-0.4, -0.2) is 30.8 Å². The van der Waals surface area contributed by atoms with E-state index in [4.69, 9.17) is 4.74 Å². The molecule has 0 saturated carbocycles. The smallest absolute Gasteiger partial charge is 0.0955 e. The van der Waals surface area contributed by atoms with Crippen LogP contribution in [-0.2, 0) is 11.2 Å². The maximum Gasteiger partial charge on any atom is 0.0955 e. The molecule has 1 aromatic heterocycles. The van der Waals surface area contributed by atoms with Crippen molar-refractivity contribution in [2.75, 3.05) is 19.8 Å². The normalized spacial score (nSPS) is 20.9. The summed E-state index contributed by atoms with van der Waals surface area (Å²) in [7, 11) is 0. The van der Waals surface area contributed by atoms with Crippen LogP contribution in [0, 0.1) is 0 Å². The van der Waals surface area contributed by atoms with Crippen molar-refractivity contribution in [3.63, 3.8) is 0 Å². The van der Waals surface area contributed by atoms with E-state index in [1.165, 1.54) is 9.71 Å². The minimum Gasteiger partial charge on any atom is -0.379 e. The van der Waals surface area contributed by atoms with Crippen molar-refractivity contribution in [3.05, 3.63) is 27.7 Å². The van der Waals surface area contributed by atoms with Crippen LogP contribution in [0.2, 0.25) is 0 Å². The lowest BCUT2D eigenvalue weighted by molar-refractivity contribution is 0.0770. The lowest BCUT2D eigenvalue weighted by Gasteiger charge is -2.22. The molecule has 1 saturated heterocycles. The number of halogens is 1. The molecule has 2 heterocycles. The minimum atomic E-state index is 0.410. The molecule has 1 aliphatic rings. The molecule has 0 spiro atoms. The Labute approximate surface area is 112 Å². The number of morpholine rings is 1. The number of fused-ring (bicyclic) bond motifs is 1. The van der Waals surface area contributed by atoms with Crippen LogP contribution in [0.25, 0.3) is 10.2 Å². The first-order valence-electron chi connectivity index (χ1n) is 5.67. The average Bonchev–Trinajstić information content (AvgIpc) is 2.71. The van der Waals surface area contributed by atoms with E-state index in [1.807, 2.05) is 0 Å². The van der Waals surface area contributed by atoms with Crippen LogP contribution in [0.3, 0.4) is 0 Å². The first-order chi connectivity index (χ1) is 8.31. The number of thiazole rings is 1. The van der Waals surface area contributed by atoms with Gasteiger partial charge in [-0.05, 0) is 18.2 Å². The highest BCUT2D eigenvalue weighted by molar-refractivity contribution is 9.10. The number of rotatable bonds is 2. The molecule has 3 nitrogen and oxygen atoms in total. The van der Waals surface area contributed by atoms with Gasteiger partial charge in [-0.3, -0.25) is 0 Å². The van der Waals surface area contributed by atoms with Gasteiger partial charge < -0.3 is 10.1 Å². The summed E-state index contributed by atoms with van der Waals surface area (Å²) in [5.41, 5.74) is 1.08. The average molecular weight is 313 g/mol. The van der Waals surface area contributed by atoms with Gasteiger partial charge in [0.15, 0.2) is 0 Å². The first kappa shape index (κ1) is 11.6. The van der Waals surface area contributed by atoms with Gasteiger partial charge in [-0.1, -0.05) is 15.9 Å². The van der Waals surface area contributed by atoms with Crippen molar-refractivity contribution >= 4 is 37.5 Å². The third kappa shape index (κ3) is 2.68.